The Morgan fingerprint density at radius 2 is 1.80 bits per heavy atom. The molecule has 0 atom stereocenters. The molecular formula is C31H30BrN3O5. The summed E-state index contributed by atoms with van der Waals surface area (Å²) in [6.45, 7) is 8.00. The molecule has 0 radical (unpaired) electrons. The Morgan fingerprint density at radius 3 is 2.48 bits per heavy atom. The monoisotopic (exact) mass is 603 g/mol. The van der Waals surface area contributed by atoms with Crippen LogP contribution >= 0.6 is 15.9 Å². The molecule has 2 N–H and O–H groups in total. The molecule has 1 saturated heterocycles. The van der Waals surface area contributed by atoms with Gasteiger partial charge in [-0.05, 0) is 73.9 Å². The summed E-state index contributed by atoms with van der Waals surface area (Å²) >= 11 is 3.44. The number of nitrogens with zero attached hydrogens (tertiary/aromatic N) is 1. The molecule has 3 aromatic rings. The summed E-state index contributed by atoms with van der Waals surface area (Å²) in [7, 11) is 0. The third kappa shape index (κ3) is 7.18. The Hall–Kier alpha value is -4.37. The lowest BCUT2D eigenvalue weighted by molar-refractivity contribution is -0.127. The van der Waals surface area contributed by atoms with Gasteiger partial charge >= 0.3 is 6.03 Å². The maximum atomic E-state index is 13.0. The van der Waals surface area contributed by atoms with Crippen LogP contribution in [0.4, 0.5) is 10.5 Å². The van der Waals surface area contributed by atoms with Crippen LogP contribution in [0.5, 0.6) is 11.5 Å². The van der Waals surface area contributed by atoms with Crippen LogP contribution in [-0.4, -0.2) is 35.9 Å². The first-order chi connectivity index (χ1) is 19.3. The maximum Gasteiger partial charge on any atom is 0.329 e. The number of carbonyl (C=O) groups excluding carboxylic acids is 3. The molecule has 0 aromatic heterocycles. The summed E-state index contributed by atoms with van der Waals surface area (Å²) in [5, 5.41) is 5.27. The summed E-state index contributed by atoms with van der Waals surface area (Å²) < 4.78 is 13.1. The highest BCUT2D eigenvalue weighted by atomic mass is 79.9. The number of ether oxygens (including phenoxy) is 2. The van der Waals surface area contributed by atoms with Gasteiger partial charge in [-0.25, -0.2) is 9.69 Å². The fraction of sp³-hybridized carbons (Fsp3) is 0.194. The molecular weight excluding hydrogens is 574 g/mol. The molecule has 9 heteroatoms. The number of halogens is 1. The van der Waals surface area contributed by atoms with Crippen molar-refractivity contribution in [2.45, 2.75) is 26.9 Å². The van der Waals surface area contributed by atoms with Crippen LogP contribution in [-0.2, 0) is 22.6 Å². The molecule has 4 amide bonds. The Kier molecular flexibility index (Phi) is 9.39. The van der Waals surface area contributed by atoms with E-state index in [4.69, 9.17) is 9.47 Å². The zero-order chi connectivity index (χ0) is 28.6. The largest absolute Gasteiger partial charge is 0.490 e. The Morgan fingerprint density at radius 1 is 1.07 bits per heavy atom. The van der Waals surface area contributed by atoms with E-state index in [0.717, 1.165) is 26.1 Å². The van der Waals surface area contributed by atoms with Gasteiger partial charge in [0.05, 0.1) is 6.61 Å². The fourth-order valence-electron chi connectivity index (χ4n) is 4.10. The van der Waals surface area contributed by atoms with Crippen molar-refractivity contribution in [1.29, 1.82) is 0 Å². The van der Waals surface area contributed by atoms with E-state index in [1.807, 2.05) is 56.3 Å². The number of amides is 4. The average Bonchev–Trinajstić information content (AvgIpc) is 3.18. The third-order valence-corrected chi connectivity index (χ3v) is 6.55. The molecule has 0 spiro atoms. The number of benzene rings is 3. The van der Waals surface area contributed by atoms with Crippen molar-refractivity contribution >= 4 is 45.5 Å². The SMILES string of the molecule is C=CCc1cc(C=C2NC(=O)N(CC(=O)Nc3ccc(C)cc3)C2=O)cc(OCC)c1OCc1ccc(Br)cc1. The molecule has 0 aliphatic carbocycles. The number of nitrogens with one attached hydrogen (secondary N) is 2. The molecule has 3 aromatic carbocycles. The first-order valence-electron chi connectivity index (χ1n) is 12.8. The van der Waals surface area contributed by atoms with E-state index in [2.05, 4.69) is 33.1 Å². The molecule has 1 aliphatic heterocycles. The van der Waals surface area contributed by atoms with Crippen molar-refractivity contribution in [2.75, 3.05) is 18.5 Å². The van der Waals surface area contributed by atoms with Gasteiger partial charge in [0.1, 0.15) is 18.8 Å². The fourth-order valence-corrected chi connectivity index (χ4v) is 4.36. The lowest BCUT2D eigenvalue weighted by Crippen LogP contribution is -2.38. The van der Waals surface area contributed by atoms with Gasteiger partial charge < -0.3 is 20.1 Å². The highest BCUT2D eigenvalue weighted by Gasteiger charge is 2.35. The van der Waals surface area contributed by atoms with Gasteiger partial charge in [-0.15, -0.1) is 6.58 Å². The van der Waals surface area contributed by atoms with Gasteiger partial charge in [0.15, 0.2) is 11.5 Å². The average molecular weight is 605 g/mol. The number of carbonyl (C=O) groups is 3. The van der Waals surface area contributed by atoms with Crippen molar-refractivity contribution < 1.29 is 23.9 Å². The summed E-state index contributed by atoms with van der Waals surface area (Å²) in [5.41, 5.74) is 4.13. The highest BCUT2D eigenvalue weighted by Crippen LogP contribution is 2.35. The molecule has 1 aliphatic rings. The van der Waals surface area contributed by atoms with Crippen molar-refractivity contribution in [2.24, 2.45) is 0 Å². The number of anilines is 1. The van der Waals surface area contributed by atoms with Crippen LogP contribution in [0, 0.1) is 6.92 Å². The predicted octanol–water partition coefficient (Wildman–Crippen LogP) is 6.00. The summed E-state index contributed by atoms with van der Waals surface area (Å²) in [4.78, 5) is 39.0. The lowest BCUT2D eigenvalue weighted by Gasteiger charge is -2.17. The van der Waals surface area contributed by atoms with E-state index in [0.29, 0.717) is 42.4 Å². The normalized spacial score (nSPS) is 13.8. The van der Waals surface area contributed by atoms with Crippen molar-refractivity contribution in [3.63, 3.8) is 0 Å². The number of rotatable bonds is 11. The standard InChI is InChI=1S/C31H30BrN3O5/c1-4-6-23-15-22(17-27(39-5-2)29(23)40-19-21-9-11-24(32)12-10-21)16-26-30(37)35(31(38)34-26)18-28(36)33-25-13-7-20(3)8-14-25/h4,7-17H,1,5-6,18-19H2,2-3H3,(H,33,36)(H,34,38). The molecule has 8 nitrogen and oxygen atoms in total. The molecule has 0 saturated carbocycles. The number of aryl methyl sites for hydroxylation is 1. The van der Waals surface area contributed by atoms with Crippen LogP contribution in [0.3, 0.4) is 0 Å². The first-order valence-corrected chi connectivity index (χ1v) is 13.6. The van der Waals surface area contributed by atoms with Crippen LogP contribution in [0.15, 0.2) is 83.5 Å². The predicted molar refractivity (Wildman–Crippen MR) is 158 cm³/mol. The molecule has 0 bridgehead atoms. The van der Waals surface area contributed by atoms with E-state index in [9.17, 15) is 14.4 Å². The summed E-state index contributed by atoms with van der Waals surface area (Å²) in [6.07, 6.45) is 3.81. The lowest BCUT2D eigenvalue weighted by atomic mass is 10.0. The van der Waals surface area contributed by atoms with Crippen molar-refractivity contribution in [3.05, 3.63) is 106 Å². The van der Waals surface area contributed by atoms with E-state index < -0.39 is 24.4 Å². The minimum Gasteiger partial charge on any atom is -0.490 e. The number of urea groups is 1. The second kappa shape index (κ2) is 13.1. The molecule has 4 rings (SSSR count). The summed E-state index contributed by atoms with van der Waals surface area (Å²) in [5.74, 6) is 0.0237. The van der Waals surface area contributed by atoms with E-state index >= 15 is 0 Å². The number of allylic oxidation sites excluding steroid dienone is 1. The highest BCUT2D eigenvalue weighted by molar-refractivity contribution is 9.10. The molecule has 40 heavy (non-hydrogen) atoms. The van der Waals surface area contributed by atoms with Gasteiger partial charge in [0.2, 0.25) is 5.91 Å². The van der Waals surface area contributed by atoms with Crippen LogP contribution in [0.2, 0.25) is 0 Å². The number of hydrogen-bond acceptors (Lipinski definition) is 5. The number of imide groups is 1. The van der Waals surface area contributed by atoms with Gasteiger partial charge in [-0.2, -0.15) is 0 Å². The summed E-state index contributed by atoms with van der Waals surface area (Å²) in [6, 6.07) is 18.0. The van der Waals surface area contributed by atoms with E-state index in [-0.39, 0.29) is 5.70 Å². The van der Waals surface area contributed by atoms with Gasteiger partial charge in [0.25, 0.3) is 5.91 Å². The van der Waals surface area contributed by atoms with Crippen molar-refractivity contribution in [3.8, 4) is 11.5 Å². The van der Waals surface area contributed by atoms with Crippen LogP contribution < -0.4 is 20.1 Å². The van der Waals surface area contributed by atoms with Gasteiger partial charge in [0, 0.05) is 15.7 Å². The van der Waals surface area contributed by atoms with Crippen LogP contribution in [0.1, 0.15) is 29.2 Å². The zero-order valence-electron chi connectivity index (χ0n) is 22.3. The third-order valence-electron chi connectivity index (χ3n) is 6.02. The van der Waals surface area contributed by atoms with Gasteiger partial charge in [-0.1, -0.05) is 51.8 Å². The quantitative estimate of drug-likeness (QED) is 0.159. The first kappa shape index (κ1) is 28.6. The molecule has 206 valence electrons. The molecule has 1 fully saturated rings. The topological polar surface area (TPSA) is 97.0 Å². The maximum absolute atomic E-state index is 13.0. The Labute approximate surface area is 241 Å². The smallest absolute Gasteiger partial charge is 0.329 e. The minimum atomic E-state index is -0.666. The minimum absolute atomic E-state index is 0.0590. The van der Waals surface area contributed by atoms with E-state index in [1.165, 1.54) is 0 Å². The Bertz CT molecular complexity index is 1450. The molecule has 1 heterocycles. The zero-order valence-corrected chi connectivity index (χ0v) is 23.9. The Balaban J connectivity index is 1.54. The second-order valence-electron chi connectivity index (χ2n) is 9.14. The van der Waals surface area contributed by atoms with Gasteiger partial charge in [-0.3, -0.25) is 9.59 Å². The molecule has 0 unspecified atom stereocenters. The van der Waals surface area contributed by atoms with Crippen LogP contribution in [0.25, 0.3) is 6.08 Å². The second-order valence-corrected chi connectivity index (χ2v) is 10.1. The van der Waals surface area contributed by atoms with E-state index in [1.54, 1.807) is 30.4 Å². The number of hydrogen-bond donors (Lipinski definition) is 2. The van der Waals surface area contributed by atoms with Crippen molar-refractivity contribution in [1.82, 2.24) is 10.2 Å².